The maximum atomic E-state index is 3.61. The summed E-state index contributed by atoms with van der Waals surface area (Å²) in [5, 5.41) is 3.61. The van der Waals surface area contributed by atoms with Gasteiger partial charge in [0.15, 0.2) is 0 Å². The molecule has 1 aliphatic heterocycles. The number of nitrogens with zero attached hydrogens (tertiary/aromatic N) is 1. The van der Waals surface area contributed by atoms with Crippen molar-refractivity contribution in [2.24, 2.45) is 11.3 Å². The van der Waals surface area contributed by atoms with Crippen LogP contribution in [0.2, 0.25) is 0 Å². The number of piperazine rings is 1. The van der Waals surface area contributed by atoms with E-state index in [-0.39, 0.29) is 0 Å². The van der Waals surface area contributed by atoms with Crippen molar-refractivity contribution in [1.82, 2.24) is 10.2 Å². The van der Waals surface area contributed by atoms with E-state index < -0.39 is 0 Å². The lowest BCUT2D eigenvalue weighted by Gasteiger charge is -2.37. The smallest absolute Gasteiger partial charge is 0.0218 e. The van der Waals surface area contributed by atoms with E-state index in [1.807, 2.05) is 0 Å². The molecule has 82 valence electrons. The van der Waals surface area contributed by atoms with Crippen molar-refractivity contribution < 1.29 is 0 Å². The van der Waals surface area contributed by atoms with Gasteiger partial charge in [-0.25, -0.2) is 0 Å². The molecule has 2 fully saturated rings. The summed E-state index contributed by atoms with van der Waals surface area (Å²) in [6.45, 7) is 12.1. The molecule has 1 N–H and O–H groups in total. The molecular formula is C12H24N2. The minimum Gasteiger partial charge on any atom is -0.311 e. The van der Waals surface area contributed by atoms with Gasteiger partial charge in [0, 0.05) is 32.2 Å². The Bertz CT molecular complexity index is 196. The first-order valence-electron chi connectivity index (χ1n) is 6.05. The molecule has 1 unspecified atom stereocenters. The van der Waals surface area contributed by atoms with Crippen molar-refractivity contribution in [3.63, 3.8) is 0 Å². The Kier molecular flexibility index (Phi) is 2.85. The largest absolute Gasteiger partial charge is 0.311 e. The molecule has 2 heteroatoms. The van der Waals surface area contributed by atoms with Crippen molar-refractivity contribution in [2.75, 3.05) is 26.2 Å². The molecule has 2 rings (SSSR count). The van der Waals surface area contributed by atoms with Crippen LogP contribution in [0.4, 0.5) is 0 Å². The van der Waals surface area contributed by atoms with Crippen molar-refractivity contribution >= 4 is 0 Å². The maximum absolute atomic E-state index is 3.61. The van der Waals surface area contributed by atoms with E-state index in [0.717, 1.165) is 5.92 Å². The monoisotopic (exact) mass is 196 g/mol. The first-order chi connectivity index (χ1) is 6.59. The van der Waals surface area contributed by atoms with Crippen LogP contribution in [0.3, 0.4) is 0 Å². The van der Waals surface area contributed by atoms with E-state index in [4.69, 9.17) is 0 Å². The summed E-state index contributed by atoms with van der Waals surface area (Å²) < 4.78 is 0. The van der Waals surface area contributed by atoms with Crippen LogP contribution in [0.15, 0.2) is 0 Å². The van der Waals surface area contributed by atoms with Gasteiger partial charge in [-0.2, -0.15) is 0 Å². The first kappa shape index (κ1) is 10.4. The average Bonchev–Trinajstić information content (AvgIpc) is 2.83. The number of hydrogen-bond donors (Lipinski definition) is 1. The van der Waals surface area contributed by atoms with Crippen LogP contribution in [-0.4, -0.2) is 37.1 Å². The second kappa shape index (κ2) is 3.82. The third-order valence-electron chi connectivity index (χ3n) is 3.80. The molecule has 0 bridgehead atoms. The fourth-order valence-corrected chi connectivity index (χ4v) is 2.34. The maximum Gasteiger partial charge on any atom is 0.0218 e. The molecule has 0 amide bonds. The van der Waals surface area contributed by atoms with Gasteiger partial charge in [0.2, 0.25) is 0 Å². The molecule has 0 spiro atoms. The normalized spacial score (nSPS) is 32.1. The van der Waals surface area contributed by atoms with Crippen LogP contribution in [0, 0.1) is 11.3 Å². The topological polar surface area (TPSA) is 15.3 Å². The van der Waals surface area contributed by atoms with Gasteiger partial charge in [-0.15, -0.1) is 0 Å². The molecule has 1 heterocycles. The van der Waals surface area contributed by atoms with Gasteiger partial charge in [0.25, 0.3) is 0 Å². The van der Waals surface area contributed by atoms with Gasteiger partial charge in [0.1, 0.15) is 0 Å². The molecule has 0 aromatic heterocycles. The van der Waals surface area contributed by atoms with Crippen molar-refractivity contribution in [3.05, 3.63) is 0 Å². The highest BCUT2D eigenvalue weighted by atomic mass is 15.2. The van der Waals surface area contributed by atoms with E-state index in [1.54, 1.807) is 0 Å². The van der Waals surface area contributed by atoms with Gasteiger partial charge >= 0.3 is 0 Å². The zero-order valence-corrected chi connectivity index (χ0v) is 9.84. The minimum atomic E-state index is 0.679. The summed E-state index contributed by atoms with van der Waals surface area (Å²) in [6, 6.07) is 0.714. The fourth-order valence-electron chi connectivity index (χ4n) is 2.34. The Morgan fingerprint density at radius 3 is 2.71 bits per heavy atom. The highest BCUT2D eigenvalue weighted by Crippen LogP contribution is 2.45. The van der Waals surface area contributed by atoms with Gasteiger partial charge in [-0.3, -0.25) is 4.90 Å². The summed E-state index contributed by atoms with van der Waals surface area (Å²) in [5.74, 6) is 0.768. The number of nitrogens with one attached hydrogen (secondary N) is 1. The third kappa shape index (κ3) is 2.48. The lowest BCUT2D eigenvalue weighted by Crippen LogP contribution is -2.53. The molecule has 1 saturated carbocycles. The highest BCUT2D eigenvalue weighted by molar-refractivity contribution is 4.93. The Morgan fingerprint density at radius 2 is 2.14 bits per heavy atom. The van der Waals surface area contributed by atoms with Crippen LogP contribution in [0.1, 0.15) is 33.6 Å². The molecule has 1 aliphatic carbocycles. The predicted octanol–water partition coefficient (Wildman–Crippen LogP) is 1.72. The Labute approximate surface area is 88.1 Å². The van der Waals surface area contributed by atoms with Crippen molar-refractivity contribution in [2.45, 2.75) is 39.7 Å². The summed E-state index contributed by atoms with van der Waals surface area (Å²) in [6.07, 6.45) is 2.90. The quantitative estimate of drug-likeness (QED) is 0.739. The summed E-state index contributed by atoms with van der Waals surface area (Å²) >= 11 is 0. The molecule has 1 atom stereocenters. The fraction of sp³-hybridized carbons (Fsp3) is 1.00. The molecule has 2 nitrogen and oxygen atoms in total. The summed E-state index contributed by atoms with van der Waals surface area (Å²) in [4.78, 5) is 2.66. The Hall–Kier alpha value is -0.0800. The third-order valence-corrected chi connectivity index (χ3v) is 3.80. The molecule has 0 radical (unpaired) electrons. The number of rotatable bonds is 3. The van der Waals surface area contributed by atoms with E-state index in [0.29, 0.717) is 11.5 Å². The van der Waals surface area contributed by atoms with Crippen LogP contribution in [0.5, 0.6) is 0 Å². The first-order valence-corrected chi connectivity index (χ1v) is 6.05. The number of hydrogen-bond acceptors (Lipinski definition) is 2. The molecular weight excluding hydrogens is 172 g/mol. The summed E-state index contributed by atoms with van der Waals surface area (Å²) in [7, 11) is 0. The average molecular weight is 196 g/mol. The van der Waals surface area contributed by atoms with Crippen LogP contribution >= 0.6 is 0 Å². The standard InChI is InChI=1S/C12H24N2/c1-10(2)11-8-14(7-6-13-11)9-12(3)4-5-12/h10-11,13H,4-9H2,1-3H3. The van der Waals surface area contributed by atoms with Gasteiger partial charge in [0.05, 0.1) is 0 Å². The second-order valence-electron chi connectivity index (χ2n) is 5.85. The van der Waals surface area contributed by atoms with E-state index in [1.165, 1.54) is 39.0 Å². The molecule has 0 aromatic carbocycles. The van der Waals surface area contributed by atoms with Gasteiger partial charge < -0.3 is 5.32 Å². The zero-order valence-electron chi connectivity index (χ0n) is 9.84. The second-order valence-corrected chi connectivity index (χ2v) is 5.85. The molecule has 14 heavy (non-hydrogen) atoms. The SMILES string of the molecule is CC(C)C1CN(CC2(C)CC2)CCN1. The van der Waals surface area contributed by atoms with Crippen molar-refractivity contribution in [1.29, 1.82) is 0 Å². The lowest BCUT2D eigenvalue weighted by molar-refractivity contribution is 0.151. The van der Waals surface area contributed by atoms with Crippen molar-refractivity contribution in [3.8, 4) is 0 Å². The molecule has 0 aromatic rings. The van der Waals surface area contributed by atoms with Crippen LogP contribution in [-0.2, 0) is 0 Å². The molecule has 2 aliphatic rings. The minimum absolute atomic E-state index is 0.679. The Balaban J connectivity index is 1.81. The van der Waals surface area contributed by atoms with Gasteiger partial charge in [-0.1, -0.05) is 20.8 Å². The Morgan fingerprint density at radius 1 is 1.43 bits per heavy atom. The molecule has 1 saturated heterocycles. The van der Waals surface area contributed by atoms with E-state index in [9.17, 15) is 0 Å². The van der Waals surface area contributed by atoms with E-state index in [2.05, 4.69) is 31.0 Å². The highest BCUT2D eigenvalue weighted by Gasteiger charge is 2.39. The zero-order chi connectivity index (χ0) is 10.2. The van der Waals surface area contributed by atoms with Crippen LogP contribution < -0.4 is 5.32 Å². The predicted molar refractivity (Wildman–Crippen MR) is 60.4 cm³/mol. The summed E-state index contributed by atoms with van der Waals surface area (Å²) in [5.41, 5.74) is 0.679. The van der Waals surface area contributed by atoms with Crippen LogP contribution in [0.25, 0.3) is 0 Å². The lowest BCUT2D eigenvalue weighted by atomic mass is 10.0. The van der Waals surface area contributed by atoms with E-state index >= 15 is 0 Å². The van der Waals surface area contributed by atoms with Gasteiger partial charge in [-0.05, 0) is 24.2 Å².